The number of benzene rings is 1. The summed E-state index contributed by atoms with van der Waals surface area (Å²) in [6.07, 6.45) is 0. The van der Waals surface area contributed by atoms with Gasteiger partial charge in [0.25, 0.3) is 0 Å². The van der Waals surface area contributed by atoms with E-state index < -0.39 is 0 Å². The Kier molecular flexibility index (Phi) is 6.76. The van der Waals surface area contributed by atoms with Crippen molar-refractivity contribution in [1.29, 1.82) is 0 Å². The molecule has 3 nitrogen and oxygen atoms in total. The fourth-order valence-electron chi connectivity index (χ4n) is 2.07. The Bertz CT molecular complexity index is 352. The molecule has 0 radical (unpaired) electrons. The summed E-state index contributed by atoms with van der Waals surface area (Å²) in [6, 6.07) is 6.68. The van der Waals surface area contributed by atoms with Gasteiger partial charge < -0.3 is 15.0 Å². The van der Waals surface area contributed by atoms with E-state index in [0.717, 1.165) is 32.8 Å². The van der Waals surface area contributed by atoms with Gasteiger partial charge in [0.1, 0.15) is 0 Å². The number of methoxy groups -OCH3 is 1. The molecular formula is C15H26N2O. The third kappa shape index (κ3) is 4.31. The van der Waals surface area contributed by atoms with Crippen molar-refractivity contribution in [2.24, 2.45) is 0 Å². The zero-order valence-corrected chi connectivity index (χ0v) is 12.1. The number of hydrogen-bond acceptors (Lipinski definition) is 3. The number of anilines is 1. The molecular weight excluding hydrogens is 224 g/mol. The lowest BCUT2D eigenvalue weighted by Gasteiger charge is -2.26. The molecule has 0 spiro atoms. The lowest BCUT2D eigenvalue weighted by molar-refractivity contribution is 0.205. The van der Waals surface area contributed by atoms with Crippen molar-refractivity contribution < 1.29 is 4.74 Å². The van der Waals surface area contributed by atoms with Gasteiger partial charge in [-0.1, -0.05) is 24.6 Å². The van der Waals surface area contributed by atoms with Crippen LogP contribution in [-0.4, -0.2) is 33.4 Å². The highest BCUT2D eigenvalue weighted by Crippen LogP contribution is 2.21. The highest BCUT2D eigenvalue weighted by atomic mass is 16.5. The van der Waals surface area contributed by atoms with Crippen LogP contribution in [0.4, 0.5) is 5.69 Å². The van der Waals surface area contributed by atoms with Crippen LogP contribution in [0.5, 0.6) is 0 Å². The average molecular weight is 250 g/mol. The van der Waals surface area contributed by atoms with E-state index in [1.165, 1.54) is 16.8 Å². The van der Waals surface area contributed by atoms with Crippen molar-refractivity contribution in [2.45, 2.75) is 27.3 Å². The molecule has 0 aliphatic rings. The minimum Gasteiger partial charge on any atom is -0.383 e. The van der Waals surface area contributed by atoms with Gasteiger partial charge in [-0.25, -0.2) is 0 Å². The van der Waals surface area contributed by atoms with Crippen LogP contribution in [0.25, 0.3) is 0 Å². The minimum absolute atomic E-state index is 0.766. The van der Waals surface area contributed by atoms with E-state index >= 15 is 0 Å². The summed E-state index contributed by atoms with van der Waals surface area (Å²) in [6.45, 7) is 11.1. The maximum absolute atomic E-state index is 5.18. The van der Waals surface area contributed by atoms with Crippen LogP contribution >= 0.6 is 0 Å². The van der Waals surface area contributed by atoms with E-state index in [1.54, 1.807) is 7.11 Å². The number of aryl methyl sites for hydroxylation is 1. The van der Waals surface area contributed by atoms with Crippen LogP contribution in [0.15, 0.2) is 18.2 Å². The number of rotatable bonds is 8. The van der Waals surface area contributed by atoms with Crippen molar-refractivity contribution in [1.82, 2.24) is 5.32 Å². The van der Waals surface area contributed by atoms with Crippen LogP contribution in [-0.2, 0) is 11.3 Å². The Hall–Kier alpha value is -1.06. The van der Waals surface area contributed by atoms with Crippen LogP contribution in [0.3, 0.4) is 0 Å². The van der Waals surface area contributed by atoms with Crippen molar-refractivity contribution >= 4 is 5.69 Å². The maximum Gasteiger partial charge on any atom is 0.0637 e. The first-order valence-electron chi connectivity index (χ1n) is 6.77. The zero-order valence-electron chi connectivity index (χ0n) is 12.1. The highest BCUT2D eigenvalue weighted by molar-refractivity contribution is 5.55. The second kappa shape index (κ2) is 8.11. The van der Waals surface area contributed by atoms with Crippen molar-refractivity contribution in [3.05, 3.63) is 29.3 Å². The fourth-order valence-corrected chi connectivity index (χ4v) is 2.07. The van der Waals surface area contributed by atoms with Gasteiger partial charge in [0.2, 0.25) is 0 Å². The molecule has 0 amide bonds. The topological polar surface area (TPSA) is 24.5 Å². The molecule has 1 aromatic carbocycles. The van der Waals surface area contributed by atoms with E-state index in [2.05, 4.69) is 49.2 Å². The Morgan fingerprint density at radius 1 is 1.28 bits per heavy atom. The molecule has 18 heavy (non-hydrogen) atoms. The van der Waals surface area contributed by atoms with Gasteiger partial charge in [-0.3, -0.25) is 0 Å². The monoisotopic (exact) mass is 250 g/mol. The molecule has 0 fully saturated rings. The summed E-state index contributed by atoms with van der Waals surface area (Å²) in [5.74, 6) is 0. The molecule has 0 aromatic heterocycles. The number of ether oxygens (including phenoxy) is 1. The molecule has 0 saturated carbocycles. The molecule has 0 atom stereocenters. The van der Waals surface area contributed by atoms with Crippen LogP contribution < -0.4 is 10.2 Å². The van der Waals surface area contributed by atoms with Gasteiger partial charge in [-0.15, -0.1) is 0 Å². The zero-order chi connectivity index (χ0) is 13.4. The molecule has 0 heterocycles. The van der Waals surface area contributed by atoms with E-state index in [0.29, 0.717) is 0 Å². The molecule has 0 saturated heterocycles. The predicted molar refractivity (Wildman–Crippen MR) is 78.3 cm³/mol. The summed E-state index contributed by atoms with van der Waals surface area (Å²) in [5.41, 5.74) is 4.00. The van der Waals surface area contributed by atoms with E-state index in [4.69, 9.17) is 4.74 Å². The van der Waals surface area contributed by atoms with E-state index in [-0.39, 0.29) is 0 Å². The Morgan fingerprint density at radius 2 is 2.06 bits per heavy atom. The van der Waals surface area contributed by atoms with Gasteiger partial charge in [0.15, 0.2) is 0 Å². The highest BCUT2D eigenvalue weighted by Gasteiger charge is 2.09. The lowest BCUT2D eigenvalue weighted by Crippen LogP contribution is -2.28. The molecule has 3 heteroatoms. The minimum atomic E-state index is 0.766. The maximum atomic E-state index is 5.18. The van der Waals surface area contributed by atoms with Gasteiger partial charge in [0.05, 0.1) is 6.61 Å². The van der Waals surface area contributed by atoms with Gasteiger partial charge in [-0.2, -0.15) is 0 Å². The summed E-state index contributed by atoms with van der Waals surface area (Å²) in [4.78, 5) is 2.37. The Balaban J connectivity index is 2.89. The molecule has 1 rings (SSSR count). The lowest BCUT2D eigenvalue weighted by atomic mass is 10.1. The predicted octanol–water partition coefficient (Wildman–Crippen LogP) is 2.58. The Labute approximate surface area is 111 Å². The summed E-state index contributed by atoms with van der Waals surface area (Å²) in [5, 5.41) is 3.41. The fraction of sp³-hybridized carbons (Fsp3) is 0.600. The first kappa shape index (κ1) is 15.0. The second-order valence-corrected chi connectivity index (χ2v) is 4.48. The first-order valence-corrected chi connectivity index (χ1v) is 6.77. The third-order valence-corrected chi connectivity index (χ3v) is 3.09. The van der Waals surface area contributed by atoms with Gasteiger partial charge in [-0.05, 0) is 32.0 Å². The smallest absolute Gasteiger partial charge is 0.0637 e. The number of nitrogens with one attached hydrogen (secondary N) is 1. The summed E-state index contributed by atoms with van der Waals surface area (Å²) < 4.78 is 5.18. The van der Waals surface area contributed by atoms with Gasteiger partial charge in [0, 0.05) is 32.4 Å². The summed E-state index contributed by atoms with van der Waals surface area (Å²) in [7, 11) is 1.75. The summed E-state index contributed by atoms with van der Waals surface area (Å²) >= 11 is 0. The normalized spacial score (nSPS) is 10.7. The number of hydrogen-bond donors (Lipinski definition) is 1. The van der Waals surface area contributed by atoms with Crippen molar-refractivity contribution in [2.75, 3.05) is 38.3 Å². The SMILES string of the molecule is CCNCc1cc(C)ccc1N(CC)CCOC. The van der Waals surface area contributed by atoms with Crippen LogP contribution in [0, 0.1) is 6.92 Å². The standard InChI is InChI=1S/C15H26N2O/c1-5-16-12-14-11-13(3)7-8-15(14)17(6-2)9-10-18-4/h7-8,11,16H,5-6,9-10,12H2,1-4H3. The number of nitrogens with zero attached hydrogens (tertiary/aromatic N) is 1. The quantitative estimate of drug-likeness (QED) is 0.767. The van der Waals surface area contributed by atoms with E-state index in [9.17, 15) is 0 Å². The average Bonchev–Trinajstić information content (AvgIpc) is 2.38. The van der Waals surface area contributed by atoms with E-state index in [1.807, 2.05) is 0 Å². The number of likely N-dealkylation sites (N-methyl/N-ethyl adjacent to an activating group) is 1. The Morgan fingerprint density at radius 3 is 2.67 bits per heavy atom. The van der Waals surface area contributed by atoms with Crippen molar-refractivity contribution in [3.8, 4) is 0 Å². The molecule has 1 aromatic rings. The third-order valence-electron chi connectivity index (χ3n) is 3.09. The molecule has 0 aliphatic carbocycles. The van der Waals surface area contributed by atoms with Crippen LogP contribution in [0.2, 0.25) is 0 Å². The second-order valence-electron chi connectivity index (χ2n) is 4.48. The first-order chi connectivity index (χ1) is 8.72. The van der Waals surface area contributed by atoms with Crippen LogP contribution in [0.1, 0.15) is 25.0 Å². The molecule has 1 N–H and O–H groups in total. The molecule has 0 unspecified atom stereocenters. The largest absolute Gasteiger partial charge is 0.383 e. The van der Waals surface area contributed by atoms with Crippen molar-refractivity contribution in [3.63, 3.8) is 0 Å². The molecule has 0 aliphatic heterocycles. The molecule has 102 valence electrons. The van der Waals surface area contributed by atoms with Gasteiger partial charge >= 0.3 is 0 Å². The molecule has 0 bridgehead atoms.